The van der Waals surface area contributed by atoms with Crippen molar-refractivity contribution in [2.45, 2.75) is 37.3 Å². The van der Waals surface area contributed by atoms with Crippen LogP contribution in [0.4, 0.5) is 5.82 Å². The molecule has 2 aliphatic rings. The highest BCUT2D eigenvalue weighted by atomic mass is 16.5. The highest BCUT2D eigenvalue weighted by Gasteiger charge is 2.49. The van der Waals surface area contributed by atoms with Crippen LogP contribution in [0.1, 0.15) is 25.7 Å². The third-order valence-corrected chi connectivity index (χ3v) is 5.93. The van der Waals surface area contributed by atoms with E-state index in [2.05, 4.69) is 20.6 Å². The molecule has 3 heterocycles. The minimum absolute atomic E-state index is 0.238. The molecule has 2 aromatic heterocycles. The molecule has 1 spiro atoms. The Balaban J connectivity index is 1.14. The quantitative estimate of drug-likeness (QED) is 0.504. The third-order valence-electron chi connectivity index (χ3n) is 5.93. The zero-order chi connectivity index (χ0) is 21.1. The molecule has 1 saturated carbocycles. The normalized spacial score (nSPS) is 18.9. The largest absolute Gasteiger partial charge is 0.493 e. The molecule has 1 aliphatic heterocycles. The number of ether oxygens (including phenoxy) is 3. The summed E-state index contributed by atoms with van der Waals surface area (Å²) in [6.07, 6.45) is 8.02. The van der Waals surface area contributed by atoms with Crippen molar-refractivity contribution in [3.05, 3.63) is 48.8 Å². The van der Waals surface area contributed by atoms with Gasteiger partial charge in [-0.15, -0.1) is 0 Å². The molecule has 3 aromatic rings. The van der Waals surface area contributed by atoms with Gasteiger partial charge in [-0.05, 0) is 62.6 Å². The maximum Gasteiger partial charge on any atom is 0.145 e. The Morgan fingerprint density at radius 1 is 1.13 bits per heavy atom. The highest BCUT2D eigenvalue weighted by Crippen LogP contribution is 2.47. The lowest BCUT2D eigenvalue weighted by Crippen LogP contribution is -2.31. The number of nitrogens with one attached hydrogen (secondary N) is 2. The van der Waals surface area contributed by atoms with Crippen LogP contribution in [-0.4, -0.2) is 48.4 Å². The lowest BCUT2D eigenvalue weighted by molar-refractivity contribution is 0.0887. The van der Waals surface area contributed by atoms with Crippen molar-refractivity contribution in [2.24, 2.45) is 0 Å². The second-order valence-corrected chi connectivity index (χ2v) is 8.27. The lowest BCUT2D eigenvalue weighted by Gasteiger charge is -2.12. The predicted octanol–water partition coefficient (Wildman–Crippen LogP) is 4.14. The number of anilines is 1. The summed E-state index contributed by atoms with van der Waals surface area (Å²) in [6.45, 7) is 2.45. The molecule has 5 rings (SSSR count). The molecule has 7 nitrogen and oxygen atoms in total. The molecule has 1 unspecified atom stereocenters. The van der Waals surface area contributed by atoms with Crippen molar-refractivity contribution in [3.63, 3.8) is 0 Å². The summed E-state index contributed by atoms with van der Waals surface area (Å²) in [6, 6.07) is 12.0. The van der Waals surface area contributed by atoms with E-state index in [1.807, 2.05) is 43.4 Å². The maximum atomic E-state index is 6.02. The molecule has 1 aliphatic carbocycles. The molecule has 0 amide bonds. The smallest absolute Gasteiger partial charge is 0.145 e. The molecule has 2 fully saturated rings. The monoisotopic (exact) mass is 420 g/mol. The van der Waals surface area contributed by atoms with Gasteiger partial charge in [0.05, 0.1) is 30.5 Å². The molecular formula is C24H28N4O3. The molecule has 31 heavy (non-hydrogen) atoms. The second-order valence-electron chi connectivity index (χ2n) is 8.27. The van der Waals surface area contributed by atoms with E-state index >= 15 is 0 Å². The number of aromatic nitrogens is 2. The van der Waals surface area contributed by atoms with Crippen LogP contribution in [-0.2, 0) is 4.74 Å². The molecule has 1 saturated heterocycles. The Morgan fingerprint density at radius 2 is 2.03 bits per heavy atom. The van der Waals surface area contributed by atoms with Crippen LogP contribution in [0.2, 0.25) is 0 Å². The SMILES string of the molecule is CNc1ccc(Oc2ccnc3cc(OCCCNC4COC5(CC5)C4)ccc23)cn1. The van der Waals surface area contributed by atoms with Crippen molar-refractivity contribution in [1.29, 1.82) is 0 Å². The predicted molar refractivity (Wildman–Crippen MR) is 120 cm³/mol. The summed E-state index contributed by atoms with van der Waals surface area (Å²) in [7, 11) is 1.84. The van der Waals surface area contributed by atoms with E-state index in [0.717, 1.165) is 54.2 Å². The number of hydrogen-bond donors (Lipinski definition) is 2. The van der Waals surface area contributed by atoms with Crippen LogP contribution in [0.25, 0.3) is 10.9 Å². The summed E-state index contributed by atoms with van der Waals surface area (Å²) >= 11 is 0. The molecule has 2 N–H and O–H groups in total. The third kappa shape index (κ3) is 4.73. The number of fused-ring (bicyclic) bond motifs is 1. The van der Waals surface area contributed by atoms with Gasteiger partial charge in [-0.3, -0.25) is 4.98 Å². The van der Waals surface area contributed by atoms with Crippen LogP contribution in [0.5, 0.6) is 17.2 Å². The van der Waals surface area contributed by atoms with Crippen LogP contribution in [0.15, 0.2) is 48.8 Å². The highest BCUT2D eigenvalue weighted by molar-refractivity contribution is 5.86. The van der Waals surface area contributed by atoms with Crippen LogP contribution in [0, 0.1) is 0 Å². The average molecular weight is 421 g/mol. The summed E-state index contributed by atoms with van der Waals surface area (Å²) in [5, 5.41) is 7.52. The zero-order valence-corrected chi connectivity index (χ0v) is 17.8. The van der Waals surface area contributed by atoms with Gasteiger partial charge in [-0.2, -0.15) is 0 Å². The topological polar surface area (TPSA) is 77.5 Å². The Kier molecular flexibility index (Phi) is 5.61. The number of hydrogen-bond acceptors (Lipinski definition) is 7. The van der Waals surface area contributed by atoms with Gasteiger partial charge in [0, 0.05) is 30.7 Å². The fourth-order valence-electron chi connectivity index (χ4n) is 4.03. The van der Waals surface area contributed by atoms with Crippen molar-refractivity contribution in [2.75, 3.05) is 32.1 Å². The molecule has 0 bridgehead atoms. The first-order valence-corrected chi connectivity index (χ1v) is 10.9. The molecule has 7 heteroatoms. The van der Waals surface area contributed by atoms with E-state index in [1.165, 1.54) is 12.8 Å². The Labute approximate surface area is 182 Å². The first-order chi connectivity index (χ1) is 15.2. The number of nitrogens with zero attached hydrogens (tertiary/aromatic N) is 2. The first kappa shape index (κ1) is 20.0. The standard InChI is InChI=1S/C24H28N4O3/c1-25-23-6-4-19(15-28-23)31-22-7-11-27-21-13-18(3-5-20(21)22)29-12-2-10-26-17-14-24(8-9-24)30-16-17/h3-7,11,13,15,17,26H,2,8-10,12,14,16H2,1H3,(H,25,28). The Bertz CT molecular complexity index is 1040. The van der Waals surface area contributed by atoms with Crippen molar-refractivity contribution >= 4 is 16.7 Å². The van der Waals surface area contributed by atoms with Gasteiger partial charge in [-0.1, -0.05) is 0 Å². The van der Waals surface area contributed by atoms with Gasteiger partial charge in [-0.25, -0.2) is 4.98 Å². The van der Waals surface area contributed by atoms with E-state index in [-0.39, 0.29) is 5.60 Å². The van der Waals surface area contributed by atoms with E-state index in [9.17, 15) is 0 Å². The first-order valence-electron chi connectivity index (χ1n) is 10.9. The molecule has 162 valence electrons. The van der Waals surface area contributed by atoms with Crippen LogP contribution < -0.4 is 20.1 Å². The number of benzene rings is 1. The minimum atomic E-state index is 0.238. The fraction of sp³-hybridized carbons (Fsp3) is 0.417. The Morgan fingerprint density at radius 3 is 2.81 bits per heavy atom. The number of pyridine rings is 2. The van der Waals surface area contributed by atoms with E-state index < -0.39 is 0 Å². The van der Waals surface area contributed by atoms with Crippen molar-refractivity contribution in [1.82, 2.24) is 15.3 Å². The fourth-order valence-corrected chi connectivity index (χ4v) is 4.03. The average Bonchev–Trinajstić information content (AvgIpc) is 3.44. The Hall–Kier alpha value is -2.90. The maximum absolute atomic E-state index is 6.02. The van der Waals surface area contributed by atoms with Gasteiger partial charge in [0.2, 0.25) is 0 Å². The van der Waals surface area contributed by atoms with Gasteiger partial charge >= 0.3 is 0 Å². The van der Waals surface area contributed by atoms with Gasteiger partial charge < -0.3 is 24.8 Å². The van der Waals surface area contributed by atoms with E-state index in [0.29, 0.717) is 18.4 Å². The summed E-state index contributed by atoms with van der Waals surface area (Å²) in [4.78, 5) is 8.76. The van der Waals surface area contributed by atoms with E-state index in [1.54, 1.807) is 12.4 Å². The second kappa shape index (κ2) is 8.69. The van der Waals surface area contributed by atoms with Crippen molar-refractivity contribution < 1.29 is 14.2 Å². The summed E-state index contributed by atoms with van der Waals surface area (Å²) < 4.78 is 17.8. The van der Waals surface area contributed by atoms with E-state index in [4.69, 9.17) is 14.2 Å². The molecular weight excluding hydrogens is 392 g/mol. The molecule has 0 radical (unpaired) electrons. The van der Waals surface area contributed by atoms with Crippen LogP contribution in [0.3, 0.4) is 0 Å². The molecule has 1 atom stereocenters. The summed E-state index contributed by atoms with van der Waals surface area (Å²) in [5.74, 6) is 3.04. The van der Waals surface area contributed by atoms with Crippen molar-refractivity contribution in [3.8, 4) is 17.2 Å². The molecule has 1 aromatic carbocycles. The van der Waals surface area contributed by atoms with Crippen LogP contribution >= 0.6 is 0 Å². The zero-order valence-electron chi connectivity index (χ0n) is 17.8. The summed E-state index contributed by atoms with van der Waals surface area (Å²) in [5.41, 5.74) is 1.08. The van der Waals surface area contributed by atoms with Gasteiger partial charge in [0.25, 0.3) is 0 Å². The lowest BCUT2D eigenvalue weighted by atomic mass is 10.1. The minimum Gasteiger partial charge on any atom is -0.493 e. The van der Waals surface area contributed by atoms with Gasteiger partial charge in [0.15, 0.2) is 0 Å². The van der Waals surface area contributed by atoms with Gasteiger partial charge in [0.1, 0.15) is 23.1 Å². The number of rotatable bonds is 9.